The molecule has 0 bridgehead atoms. The van der Waals surface area contributed by atoms with Crippen molar-refractivity contribution in [1.29, 1.82) is 0 Å². The number of hydrogen-bond acceptors (Lipinski definition) is 3. The fraction of sp³-hybridized carbons (Fsp3) is 0.381. The first-order chi connectivity index (χ1) is 13.8. The molecule has 0 aliphatic carbocycles. The van der Waals surface area contributed by atoms with Gasteiger partial charge in [0.25, 0.3) is 5.91 Å². The van der Waals surface area contributed by atoms with E-state index >= 15 is 0 Å². The Hall–Kier alpha value is -1.96. The van der Waals surface area contributed by atoms with Crippen molar-refractivity contribution in [3.05, 3.63) is 64.4 Å². The van der Waals surface area contributed by atoms with Crippen LogP contribution in [0.1, 0.15) is 54.6 Å². The Bertz CT molecular complexity index is 972. The van der Waals surface area contributed by atoms with Crippen LogP contribution >= 0.6 is 11.6 Å². The van der Waals surface area contributed by atoms with Gasteiger partial charge in [0.2, 0.25) is 10.0 Å². The number of amides is 1. The number of benzene rings is 2. The molecule has 0 radical (unpaired) electrons. The van der Waals surface area contributed by atoms with Crippen molar-refractivity contribution < 1.29 is 17.6 Å². The molecule has 3 rings (SSSR count). The molecule has 8 heteroatoms. The third-order valence-corrected chi connectivity index (χ3v) is 7.47. The Morgan fingerprint density at radius 1 is 1.07 bits per heavy atom. The van der Waals surface area contributed by atoms with Gasteiger partial charge in [-0.2, -0.15) is 4.31 Å². The Morgan fingerprint density at radius 2 is 1.69 bits per heavy atom. The summed E-state index contributed by atoms with van der Waals surface area (Å²) in [7, 11) is -3.78. The number of sulfonamides is 1. The predicted molar refractivity (Wildman–Crippen MR) is 111 cm³/mol. The van der Waals surface area contributed by atoms with Gasteiger partial charge in [-0.3, -0.25) is 4.79 Å². The van der Waals surface area contributed by atoms with Crippen LogP contribution in [0.3, 0.4) is 0 Å². The molecule has 1 saturated heterocycles. The van der Waals surface area contributed by atoms with E-state index in [0.717, 1.165) is 31.2 Å². The van der Waals surface area contributed by atoms with Gasteiger partial charge in [-0.1, -0.05) is 36.6 Å². The molecule has 29 heavy (non-hydrogen) atoms. The monoisotopic (exact) mass is 438 g/mol. The van der Waals surface area contributed by atoms with Crippen LogP contribution in [0.5, 0.6) is 0 Å². The topological polar surface area (TPSA) is 66.5 Å². The molecule has 1 heterocycles. The van der Waals surface area contributed by atoms with E-state index < -0.39 is 15.9 Å². The fourth-order valence-corrected chi connectivity index (χ4v) is 5.40. The summed E-state index contributed by atoms with van der Waals surface area (Å²) in [4.78, 5) is 12.6. The van der Waals surface area contributed by atoms with Crippen LogP contribution in [0.25, 0.3) is 0 Å². The van der Waals surface area contributed by atoms with E-state index in [9.17, 15) is 17.6 Å². The van der Waals surface area contributed by atoms with Gasteiger partial charge in [-0.15, -0.1) is 0 Å². The molecule has 1 atom stereocenters. The molecule has 2 aromatic rings. The molecule has 5 nitrogen and oxygen atoms in total. The van der Waals surface area contributed by atoms with Crippen molar-refractivity contribution in [3.63, 3.8) is 0 Å². The second kappa shape index (κ2) is 9.24. The van der Waals surface area contributed by atoms with Crippen LogP contribution in [0.4, 0.5) is 4.39 Å². The molecule has 1 N–H and O–H groups in total. The lowest BCUT2D eigenvalue weighted by molar-refractivity contribution is 0.0939. The summed E-state index contributed by atoms with van der Waals surface area (Å²) in [5.41, 5.74) is 0.947. The largest absolute Gasteiger partial charge is 0.346 e. The van der Waals surface area contributed by atoms with Gasteiger partial charge in [0.15, 0.2) is 0 Å². The Morgan fingerprint density at radius 3 is 2.31 bits per heavy atom. The van der Waals surface area contributed by atoms with Gasteiger partial charge in [0.1, 0.15) is 10.7 Å². The lowest BCUT2D eigenvalue weighted by Gasteiger charge is -2.21. The number of rotatable bonds is 5. The zero-order valence-corrected chi connectivity index (χ0v) is 17.8. The minimum Gasteiger partial charge on any atom is -0.346 e. The van der Waals surface area contributed by atoms with Crippen LogP contribution in [-0.2, 0) is 10.0 Å². The standard InChI is InChI=1S/C21H24ClFN2O3S/c1-15(16-6-9-18(23)10-7-16)24-21(26)17-8-11-19(22)20(14-17)29(27,28)25-12-4-2-3-5-13-25/h6-11,14-15H,2-5,12-13H2,1H3,(H,24,26)/t15-/m1/s1. The van der Waals surface area contributed by atoms with Crippen LogP contribution in [0, 0.1) is 5.82 Å². The molecule has 2 aromatic carbocycles. The molecular weight excluding hydrogens is 415 g/mol. The summed E-state index contributed by atoms with van der Waals surface area (Å²) in [6.45, 7) is 2.68. The van der Waals surface area contributed by atoms with Crippen molar-refractivity contribution in [3.8, 4) is 0 Å². The van der Waals surface area contributed by atoms with E-state index in [1.54, 1.807) is 19.1 Å². The average molecular weight is 439 g/mol. The summed E-state index contributed by atoms with van der Waals surface area (Å²) in [6.07, 6.45) is 3.63. The van der Waals surface area contributed by atoms with Crippen molar-refractivity contribution in [1.82, 2.24) is 9.62 Å². The van der Waals surface area contributed by atoms with E-state index in [1.807, 2.05) is 0 Å². The fourth-order valence-electron chi connectivity index (χ4n) is 3.38. The molecular formula is C21H24ClFN2O3S. The lowest BCUT2D eigenvalue weighted by atomic mass is 10.1. The smallest absolute Gasteiger partial charge is 0.251 e. The molecule has 0 spiro atoms. The first kappa shape index (κ1) is 21.7. The predicted octanol–water partition coefficient (Wildman–Crippen LogP) is 4.53. The molecule has 0 unspecified atom stereocenters. The van der Waals surface area contributed by atoms with Crippen molar-refractivity contribution >= 4 is 27.5 Å². The number of nitrogens with one attached hydrogen (secondary N) is 1. The summed E-state index contributed by atoms with van der Waals surface area (Å²) in [5, 5.41) is 2.90. The van der Waals surface area contributed by atoms with Crippen LogP contribution in [0.15, 0.2) is 47.4 Å². The molecule has 1 fully saturated rings. The van der Waals surface area contributed by atoms with Crippen LogP contribution < -0.4 is 5.32 Å². The highest BCUT2D eigenvalue weighted by molar-refractivity contribution is 7.89. The van der Waals surface area contributed by atoms with E-state index in [0.29, 0.717) is 13.1 Å². The average Bonchev–Trinajstić information content (AvgIpc) is 2.98. The van der Waals surface area contributed by atoms with Crippen LogP contribution in [-0.4, -0.2) is 31.7 Å². The summed E-state index contributed by atoms with van der Waals surface area (Å²) < 4.78 is 40.7. The molecule has 1 amide bonds. The highest BCUT2D eigenvalue weighted by Crippen LogP contribution is 2.28. The van der Waals surface area contributed by atoms with Gasteiger partial charge < -0.3 is 5.32 Å². The molecule has 0 saturated carbocycles. The second-order valence-corrected chi connectivity index (χ2v) is 9.52. The first-order valence-corrected chi connectivity index (χ1v) is 11.5. The summed E-state index contributed by atoms with van der Waals surface area (Å²) in [6, 6.07) is 9.73. The summed E-state index contributed by atoms with van der Waals surface area (Å²) in [5.74, 6) is -0.779. The van der Waals surface area contributed by atoms with Crippen LogP contribution in [0.2, 0.25) is 5.02 Å². The number of carbonyl (C=O) groups excluding carboxylic acids is 1. The minimum atomic E-state index is -3.78. The maximum absolute atomic E-state index is 13.1. The van der Waals surface area contributed by atoms with E-state index in [4.69, 9.17) is 11.6 Å². The summed E-state index contributed by atoms with van der Waals surface area (Å²) >= 11 is 6.19. The maximum atomic E-state index is 13.1. The SMILES string of the molecule is C[C@@H](NC(=O)c1ccc(Cl)c(S(=O)(=O)N2CCCCCC2)c1)c1ccc(F)cc1. The number of hydrogen-bond donors (Lipinski definition) is 1. The quantitative estimate of drug-likeness (QED) is 0.745. The van der Waals surface area contributed by atoms with Gasteiger partial charge in [0, 0.05) is 18.7 Å². The molecule has 1 aliphatic rings. The van der Waals surface area contributed by atoms with Crippen molar-refractivity contribution in [2.75, 3.05) is 13.1 Å². The second-order valence-electron chi connectivity index (χ2n) is 7.21. The van der Waals surface area contributed by atoms with Gasteiger partial charge in [-0.25, -0.2) is 12.8 Å². The zero-order chi connectivity index (χ0) is 21.0. The van der Waals surface area contributed by atoms with E-state index in [2.05, 4.69) is 5.32 Å². The van der Waals surface area contributed by atoms with E-state index in [-0.39, 0.29) is 27.3 Å². The number of halogens is 2. The molecule has 1 aliphatic heterocycles. The van der Waals surface area contributed by atoms with E-state index in [1.165, 1.54) is 34.6 Å². The Labute approximate surface area is 175 Å². The Balaban J connectivity index is 1.82. The normalized spacial score (nSPS) is 16.8. The minimum absolute atomic E-state index is 0.0526. The highest BCUT2D eigenvalue weighted by Gasteiger charge is 2.28. The van der Waals surface area contributed by atoms with Crippen molar-refractivity contribution in [2.45, 2.75) is 43.5 Å². The Kier molecular flexibility index (Phi) is 6.93. The zero-order valence-electron chi connectivity index (χ0n) is 16.2. The van der Waals surface area contributed by atoms with Crippen molar-refractivity contribution in [2.24, 2.45) is 0 Å². The number of nitrogens with zero attached hydrogens (tertiary/aromatic N) is 1. The maximum Gasteiger partial charge on any atom is 0.251 e. The van der Waals surface area contributed by atoms with Gasteiger partial charge >= 0.3 is 0 Å². The lowest BCUT2D eigenvalue weighted by Crippen LogP contribution is -2.32. The number of carbonyl (C=O) groups is 1. The first-order valence-electron chi connectivity index (χ1n) is 9.65. The molecule has 156 valence electrons. The third kappa shape index (κ3) is 5.15. The van der Waals surface area contributed by atoms with Gasteiger partial charge in [0.05, 0.1) is 11.1 Å². The molecule has 0 aromatic heterocycles. The van der Waals surface area contributed by atoms with Gasteiger partial charge in [-0.05, 0) is 55.7 Å². The highest BCUT2D eigenvalue weighted by atomic mass is 35.5. The third-order valence-electron chi connectivity index (χ3n) is 5.09.